The molecule has 0 aliphatic rings. The standard InChI is InChI=1S/C37H58N2O4/c1-22(24-18-26(34(3,4)5)30(40)27(19-24)35(6,7)8)32(42)38-16-15-17-39-33(43)23(2)25-20-28(36(9,10)11)31(41)29(21-25)37(12,13)14/h18-23,40-41H,15-17H2,1-14H3,(H,38,42)(H,39,43). The predicted molar refractivity (Wildman–Crippen MR) is 178 cm³/mol. The summed E-state index contributed by atoms with van der Waals surface area (Å²) in [5.74, 6) is -0.338. The van der Waals surface area contributed by atoms with Crippen molar-refractivity contribution < 1.29 is 19.8 Å². The van der Waals surface area contributed by atoms with Gasteiger partial charge in [-0.1, -0.05) is 107 Å². The minimum absolute atomic E-state index is 0.0846. The van der Waals surface area contributed by atoms with Gasteiger partial charge in [-0.15, -0.1) is 0 Å². The van der Waals surface area contributed by atoms with Crippen LogP contribution in [0.1, 0.15) is 149 Å². The van der Waals surface area contributed by atoms with E-state index in [4.69, 9.17) is 0 Å². The van der Waals surface area contributed by atoms with E-state index in [1.165, 1.54) is 0 Å². The fourth-order valence-corrected chi connectivity index (χ4v) is 5.22. The lowest BCUT2D eigenvalue weighted by atomic mass is 9.77. The zero-order valence-electron chi connectivity index (χ0n) is 29.3. The quantitative estimate of drug-likeness (QED) is 0.234. The summed E-state index contributed by atoms with van der Waals surface area (Å²) in [4.78, 5) is 26.2. The van der Waals surface area contributed by atoms with Gasteiger partial charge in [-0.25, -0.2) is 0 Å². The van der Waals surface area contributed by atoms with Crippen molar-refractivity contribution in [2.45, 2.75) is 137 Å². The van der Waals surface area contributed by atoms with E-state index in [2.05, 4.69) is 93.7 Å². The van der Waals surface area contributed by atoms with Crippen molar-refractivity contribution in [2.24, 2.45) is 0 Å². The minimum atomic E-state index is -0.388. The summed E-state index contributed by atoms with van der Waals surface area (Å²) >= 11 is 0. The van der Waals surface area contributed by atoms with Crippen LogP contribution in [0.4, 0.5) is 0 Å². The van der Waals surface area contributed by atoms with Crippen LogP contribution in [0.3, 0.4) is 0 Å². The second-order valence-electron chi connectivity index (χ2n) is 16.3. The molecule has 2 unspecified atom stereocenters. The molecule has 2 amide bonds. The minimum Gasteiger partial charge on any atom is -0.507 e. The average Bonchev–Trinajstić information content (AvgIpc) is 2.84. The number of nitrogens with one attached hydrogen (secondary N) is 2. The molecule has 0 fully saturated rings. The number of aromatic hydroxyl groups is 2. The number of hydrogen-bond donors (Lipinski definition) is 4. The molecule has 2 aromatic rings. The molecular formula is C37H58N2O4. The van der Waals surface area contributed by atoms with Gasteiger partial charge in [0.25, 0.3) is 0 Å². The molecule has 0 aliphatic carbocycles. The monoisotopic (exact) mass is 594 g/mol. The number of benzene rings is 2. The van der Waals surface area contributed by atoms with Crippen LogP contribution in [-0.4, -0.2) is 35.1 Å². The summed E-state index contributed by atoms with van der Waals surface area (Å²) in [6.45, 7) is 29.4. The van der Waals surface area contributed by atoms with E-state index in [1.807, 2.05) is 38.1 Å². The van der Waals surface area contributed by atoms with Gasteiger partial charge in [0.2, 0.25) is 11.8 Å². The molecule has 2 rings (SSSR count). The van der Waals surface area contributed by atoms with E-state index in [0.29, 0.717) is 31.0 Å². The summed E-state index contributed by atoms with van der Waals surface area (Å²) in [5.41, 5.74) is 4.03. The molecule has 2 aromatic carbocycles. The highest BCUT2D eigenvalue weighted by Gasteiger charge is 2.30. The number of carbonyl (C=O) groups excluding carboxylic acids is 2. The molecule has 240 valence electrons. The van der Waals surface area contributed by atoms with Crippen molar-refractivity contribution in [3.63, 3.8) is 0 Å². The Morgan fingerprint density at radius 2 is 0.791 bits per heavy atom. The Morgan fingerprint density at radius 1 is 0.558 bits per heavy atom. The van der Waals surface area contributed by atoms with Crippen molar-refractivity contribution in [1.29, 1.82) is 0 Å². The molecule has 4 N–H and O–H groups in total. The number of hydrogen-bond acceptors (Lipinski definition) is 4. The van der Waals surface area contributed by atoms with Crippen LogP contribution in [0.15, 0.2) is 24.3 Å². The van der Waals surface area contributed by atoms with Gasteiger partial charge in [0.15, 0.2) is 0 Å². The summed E-state index contributed by atoms with van der Waals surface area (Å²) in [7, 11) is 0. The summed E-state index contributed by atoms with van der Waals surface area (Å²) in [5, 5.41) is 28.1. The Morgan fingerprint density at radius 3 is 1.00 bits per heavy atom. The molecule has 0 aromatic heterocycles. The molecule has 0 bridgehead atoms. The van der Waals surface area contributed by atoms with Crippen molar-refractivity contribution >= 4 is 11.8 Å². The lowest BCUT2D eigenvalue weighted by Gasteiger charge is -2.29. The third kappa shape index (κ3) is 9.00. The maximum atomic E-state index is 13.1. The van der Waals surface area contributed by atoms with Crippen LogP contribution >= 0.6 is 0 Å². The van der Waals surface area contributed by atoms with Gasteiger partial charge in [0.1, 0.15) is 11.5 Å². The predicted octanol–water partition coefficient (Wildman–Crippen LogP) is 7.82. The fraction of sp³-hybridized carbons (Fsp3) is 0.622. The average molecular weight is 595 g/mol. The van der Waals surface area contributed by atoms with Gasteiger partial charge in [0.05, 0.1) is 11.8 Å². The largest absolute Gasteiger partial charge is 0.507 e. The second-order valence-corrected chi connectivity index (χ2v) is 16.3. The van der Waals surface area contributed by atoms with Gasteiger partial charge >= 0.3 is 0 Å². The lowest BCUT2D eigenvalue weighted by Crippen LogP contribution is -2.33. The Labute approximate surface area is 261 Å². The highest BCUT2D eigenvalue weighted by atomic mass is 16.3. The Bertz CT molecular complexity index is 1140. The molecule has 6 heteroatoms. The van der Waals surface area contributed by atoms with Gasteiger partial charge in [-0.3, -0.25) is 9.59 Å². The zero-order valence-corrected chi connectivity index (χ0v) is 29.3. The molecule has 0 aliphatic heterocycles. The van der Waals surface area contributed by atoms with Gasteiger partial charge in [-0.05, 0) is 75.3 Å². The first-order valence-corrected chi connectivity index (χ1v) is 15.7. The maximum absolute atomic E-state index is 13.1. The molecular weight excluding hydrogens is 536 g/mol. The number of phenolic OH excluding ortho intramolecular Hbond substituents is 2. The fourth-order valence-electron chi connectivity index (χ4n) is 5.22. The Kier molecular flexibility index (Phi) is 10.9. The summed E-state index contributed by atoms with van der Waals surface area (Å²) in [6, 6.07) is 7.82. The zero-order chi connectivity index (χ0) is 33.3. The lowest BCUT2D eigenvalue weighted by molar-refractivity contribution is -0.122. The van der Waals surface area contributed by atoms with Crippen molar-refractivity contribution in [1.82, 2.24) is 10.6 Å². The topological polar surface area (TPSA) is 98.7 Å². The first-order chi connectivity index (χ1) is 19.4. The number of phenols is 2. The van der Waals surface area contributed by atoms with E-state index < -0.39 is 0 Å². The first kappa shape index (κ1) is 36.2. The smallest absolute Gasteiger partial charge is 0.227 e. The van der Waals surface area contributed by atoms with Gasteiger partial charge in [-0.2, -0.15) is 0 Å². The Hall–Kier alpha value is -3.02. The molecule has 43 heavy (non-hydrogen) atoms. The Balaban J connectivity index is 2.07. The van der Waals surface area contributed by atoms with Crippen molar-refractivity contribution in [3.05, 3.63) is 57.6 Å². The van der Waals surface area contributed by atoms with Crippen molar-refractivity contribution in [2.75, 3.05) is 13.1 Å². The highest BCUT2D eigenvalue weighted by Crippen LogP contribution is 2.42. The van der Waals surface area contributed by atoms with E-state index >= 15 is 0 Å². The maximum Gasteiger partial charge on any atom is 0.227 e. The van der Waals surface area contributed by atoms with E-state index in [9.17, 15) is 19.8 Å². The molecule has 0 spiro atoms. The third-order valence-corrected chi connectivity index (χ3v) is 8.24. The molecule has 6 nitrogen and oxygen atoms in total. The SMILES string of the molecule is CC(C(=O)NCCCNC(=O)C(C)c1cc(C(C)(C)C)c(O)c(C(C)(C)C)c1)c1cc(C(C)(C)C)c(O)c(C(C)(C)C)c1. The van der Waals surface area contributed by atoms with Crippen LogP contribution in [0.2, 0.25) is 0 Å². The van der Waals surface area contributed by atoms with Gasteiger partial charge < -0.3 is 20.8 Å². The van der Waals surface area contributed by atoms with Crippen LogP contribution in [0, 0.1) is 0 Å². The second kappa shape index (κ2) is 12.9. The summed E-state index contributed by atoms with van der Waals surface area (Å²) < 4.78 is 0. The first-order valence-electron chi connectivity index (χ1n) is 15.7. The highest BCUT2D eigenvalue weighted by molar-refractivity contribution is 5.84. The molecule has 0 heterocycles. The summed E-state index contributed by atoms with van der Waals surface area (Å²) in [6.07, 6.45) is 0.600. The van der Waals surface area contributed by atoms with Crippen LogP contribution in [-0.2, 0) is 31.2 Å². The molecule has 0 saturated heterocycles. The van der Waals surface area contributed by atoms with Crippen LogP contribution in [0.25, 0.3) is 0 Å². The van der Waals surface area contributed by atoms with E-state index in [1.54, 1.807) is 0 Å². The third-order valence-electron chi connectivity index (χ3n) is 8.24. The molecule has 0 radical (unpaired) electrons. The number of amides is 2. The number of carbonyl (C=O) groups is 2. The molecule has 2 atom stereocenters. The van der Waals surface area contributed by atoms with Crippen LogP contribution in [0.5, 0.6) is 11.5 Å². The van der Waals surface area contributed by atoms with E-state index in [-0.39, 0.29) is 45.3 Å². The van der Waals surface area contributed by atoms with E-state index in [0.717, 1.165) is 33.4 Å². The normalized spacial score (nSPS) is 14.3. The van der Waals surface area contributed by atoms with Crippen molar-refractivity contribution in [3.8, 4) is 11.5 Å². The molecule has 0 saturated carbocycles. The van der Waals surface area contributed by atoms with Gasteiger partial charge in [0, 0.05) is 13.1 Å². The van der Waals surface area contributed by atoms with Crippen LogP contribution < -0.4 is 10.6 Å². The number of rotatable bonds is 8.